The summed E-state index contributed by atoms with van der Waals surface area (Å²) in [5.41, 5.74) is 3.15. The minimum atomic E-state index is -0.211. The summed E-state index contributed by atoms with van der Waals surface area (Å²) in [6, 6.07) is 22.6. The number of halogens is 1. The van der Waals surface area contributed by atoms with Crippen molar-refractivity contribution >= 4 is 0 Å². The Morgan fingerprint density at radius 2 is 1.65 bits per heavy atom. The summed E-state index contributed by atoms with van der Waals surface area (Å²) in [6.45, 7) is 2.23. The quantitative estimate of drug-likeness (QED) is 0.619. The molecule has 0 atom stereocenters. The number of rotatable bonds is 6. The SMILES string of the molecule is Fc1ccc(CN(CC#Cc2ccccc2)CCc2ccccn2)cc1. The molecule has 0 bridgehead atoms. The van der Waals surface area contributed by atoms with Gasteiger partial charge in [0.15, 0.2) is 0 Å². The molecule has 2 aromatic carbocycles. The lowest BCUT2D eigenvalue weighted by Gasteiger charge is -2.19. The third-order valence-corrected chi connectivity index (χ3v) is 4.04. The Balaban J connectivity index is 1.66. The molecule has 0 amide bonds. The maximum Gasteiger partial charge on any atom is 0.123 e. The van der Waals surface area contributed by atoms with Crippen molar-refractivity contribution in [3.05, 3.63) is 102 Å². The van der Waals surface area contributed by atoms with E-state index in [1.54, 1.807) is 0 Å². The van der Waals surface area contributed by atoms with E-state index in [-0.39, 0.29) is 5.82 Å². The van der Waals surface area contributed by atoms with Crippen LogP contribution in [-0.2, 0) is 13.0 Å². The Kier molecular flexibility index (Phi) is 6.53. The minimum Gasteiger partial charge on any atom is -0.288 e. The zero-order valence-corrected chi connectivity index (χ0v) is 14.6. The number of pyridine rings is 1. The molecule has 0 fully saturated rings. The summed E-state index contributed by atoms with van der Waals surface area (Å²) in [7, 11) is 0. The van der Waals surface area contributed by atoms with E-state index in [4.69, 9.17) is 0 Å². The van der Waals surface area contributed by atoms with Gasteiger partial charge in [0.1, 0.15) is 5.82 Å². The fourth-order valence-corrected chi connectivity index (χ4v) is 2.66. The molecule has 0 saturated carbocycles. The maximum absolute atomic E-state index is 13.1. The minimum absolute atomic E-state index is 0.211. The fourth-order valence-electron chi connectivity index (χ4n) is 2.66. The van der Waals surface area contributed by atoms with E-state index >= 15 is 0 Å². The molecule has 3 rings (SSSR count). The van der Waals surface area contributed by atoms with Crippen LogP contribution in [0.4, 0.5) is 4.39 Å². The summed E-state index contributed by atoms with van der Waals surface area (Å²) < 4.78 is 13.1. The van der Waals surface area contributed by atoms with E-state index in [0.717, 1.165) is 36.3 Å². The second-order valence-electron chi connectivity index (χ2n) is 6.08. The van der Waals surface area contributed by atoms with Gasteiger partial charge in [0.2, 0.25) is 0 Å². The van der Waals surface area contributed by atoms with E-state index in [9.17, 15) is 4.39 Å². The molecule has 0 aliphatic heterocycles. The fraction of sp³-hybridized carbons (Fsp3) is 0.174. The molecule has 1 heterocycles. The number of nitrogens with zero attached hydrogens (tertiary/aromatic N) is 2. The van der Waals surface area contributed by atoms with Crippen molar-refractivity contribution in [2.24, 2.45) is 0 Å². The van der Waals surface area contributed by atoms with Gasteiger partial charge in [-0.2, -0.15) is 0 Å². The van der Waals surface area contributed by atoms with E-state index in [1.807, 2.05) is 66.9 Å². The first-order valence-electron chi connectivity index (χ1n) is 8.70. The first-order chi connectivity index (χ1) is 12.8. The first-order valence-corrected chi connectivity index (χ1v) is 8.70. The van der Waals surface area contributed by atoms with Crippen molar-refractivity contribution in [1.29, 1.82) is 0 Å². The van der Waals surface area contributed by atoms with Crippen molar-refractivity contribution in [1.82, 2.24) is 9.88 Å². The number of aromatic nitrogens is 1. The van der Waals surface area contributed by atoms with Gasteiger partial charge < -0.3 is 0 Å². The van der Waals surface area contributed by atoms with Crippen LogP contribution in [0.5, 0.6) is 0 Å². The summed E-state index contributed by atoms with van der Waals surface area (Å²) in [5.74, 6) is 6.24. The van der Waals surface area contributed by atoms with Gasteiger partial charge in [-0.05, 0) is 42.0 Å². The van der Waals surface area contributed by atoms with Gasteiger partial charge in [-0.15, -0.1) is 0 Å². The topological polar surface area (TPSA) is 16.1 Å². The van der Waals surface area contributed by atoms with Gasteiger partial charge in [0.05, 0.1) is 6.54 Å². The van der Waals surface area contributed by atoms with Crippen LogP contribution in [0.15, 0.2) is 79.0 Å². The number of hydrogen-bond donors (Lipinski definition) is 0. The second kappa shape index (κ2) is 9.50. The highest BCUT2D eigenvalue weighted by Crippen LogP contribution is 2.08. The van der Waals surface area contributed by atoms with E-state index in [2.05, 4.69) is 21.7 Å². The van der Waals surface area contributed by atoms with E-state index in [0.29, 0.717) is 6.54 Å². The van der Waals surface area contributed by atoms with Crippen molar-refractivity contribution in [2.75, 3.05) is 13.1 Å². The molecule has 0 radical (unpaired) electrons. The lowest BCUT2D eigenvalue weighted by Crippen LogP contribution is -2.26. The van der Waals surface area contributed by atoms with Gasteiger partial charge in [-0.25, -0.2) is 4.39 Å². The molecule has 0 unspecified atom stereocenters. The Morgan fingerprint density at radius 3 is 2.38 bits per heavy atom. The van der Waals surface area contributed by atoms with Gasteiger partial charge in [-0.1, -0.05) is 48.2 Å². The molecule has 0 saturated heterocycles. The van der Waals surface area contributed by atoms with Gasteiger partial charge >= 0.3 is 0 Å². The second-order valence-corrected chi connectivity index (χ2v) is 6.08. The van der Waals surface area contributed by atoms with Gasteiger partial charge in [0, 0.05) is 37.0 Å². The van der Waals surface area contributed by atoms with Crippen LogP contribution in [0.3, 0.4) is 0 Å². The van der Waals surface area contributed by atoms with Gasteiger partial charge in [0.25, 0.3) is 0 Å². The largest absolute Gasteiger partial charge is 0.288 e. The molecular weight excluding hydrogens is 323 g/mol. The molecule has 0 aliphatic carbocycles. The smallest absolute Gasteiger partial charge is 0.123 e. The van der Waals surface area contributed by atoms with Crippen molar-refractivity contribution in [3.63, 3.8) is 0 Å². The van der Waals surface area contributed by atoms with E-state index in [1.165, 1.54) is 12.1 Å². The third-order valence-electron chi connectivity index (χ3n) is 4.04. The average Bonchev–Trinajstić information content (AvgIpc) is 2.69. The van der Waals surface area contributed by atoms with Crippen LogP contribution in [-0.4, -0.2) is 23.0 Å². The predicted molar refractivity (Wildman–Crippen MR) is 103 cm³/mol. The Labute approximate surface area is 154 Å². The van der Waals surface area contributed by atoms with Crippen LogP contribution < -0.4 is 0 Å². The van der Waals surface area contributed by atoms with Crippen molar-refractivity contribution < 1.29 is 4.39 Å². The summed E-state index contributed by atoms with van der Waals surface area (Å²) >= 11 is 0. The summed E-state index contributed by atoms with van der Waals surface area (Å²) in [5, 5.41) is 0. The highest BCUT2D eigenvalue weighted by molar-refractivity contribution is 5.33. The standard InChI is InChI=1S/C23H21FN2/c24-22-13-11-21(12-14-22)19-26(18-15-23-10-4-5-16-25-23)17-6-9-20-7-2-1-3-8-20/h1-5,7-8,10-14,16H,15,17-19H2. The van der Waals surface area contributed by atoms with Crippen molar-refractivity contribution in [3.8, 4) is 11.8 Å². The van der Waals surface area contributed by atoms with E-state index < -0.39 is 0 Å². The average molecular weight is 344 g/mol. The van der Waals surface area contributed by atoms with Crippen LogP contribution in [0, 0.1) is 17.7 Å². The Bertz CT molecular complexity index is 849. The normalized spacial score (nSPS) is 10.4. The zero-order chi connectivity index (χ0) is 18.0. The Morgan fingerprint density at radius 1 is 0.885 bits per heavy atom. The zero-order valence-electron chi connectivity index (χ0n) is 14.6. The molecule has 0 spiro atoms. The molecule has 130 valence electrons. The third kappa shape index (κ3) is 5.84. The Hall–Kier alpha value is -2.96. The number of benzene rings is 2. The summed E-state index contributed by atoms with van der Waals surface area (Å²) in [4.78, 5) is 6.65. The molecule has 2 nitrogen and oxygen atoms in total. The first kappa shape index (κ1) is 17.8. The lowest BCUT2D eigenvalue weighted by molar-refractivity contribution is 0.302. The lowest BCUT2D eigenvalue weighted by atomic mass is 10.2. The molecule has 26 heavy (non-hydrogen) atoms. The molecule has 0 N–H and O–H groups in total. The monoisotopic (exact) mass is 344 g/mol. The van der Waals surface area contributed by atoms with Gasteiger partial charge in [-0.3, -0.25) is 9.88 Å². The highest BCUT2D eigenvalue weighted by Gasteiger charge is 2.06. The van der Waals surface area contributed by atoms with Crippen LogP contribution in [0.1, 0.15) is 16.8 Å². The molecule has 1 aromatic heterocycles. The van der Waals surface area contributed by atoms with Crippen LogP contribution in [0.25, 0.3) is 0 Å². The summed E-state index contributed by atoms with van der Waals surface area (Å²) in [6.07, 6.45) is 2.67. The maximum atomic E-state index is 13.1. The van der Waals surface area contributed by atoms with Crippen LogP contribution in [0.2, 0.25) is 0 Å². The number of hydrogen-bond acceptors (Lipinski definition) is 2. The molecule has 3 aromatic rings. The highest BCUT2D eigenvalue weighted by atomic mass is 19.1. The molecular formula is C23H21FN2. The molecule has 0 aliphatic rings. The van der Waals surface area contributed by atoms with Crippen molar-refractivity contribution in [2.45, 2.75) is 13.0 Å². The van der Waals surface area contributed by atoms with Crippen LogP contribution >= 0.6 is 0 Å². The molecule has 3 heteroatoms. The predicted octanol–water partition coefficient (Wildman–Crippen LogP) is 4.32.